The lowest BCUT2D eigenvalue weighted by molar-refractivity contribution is 0.265. The van der Waals surface area contributed by atoms with Gasteiger partial charge in [0, 0.05) is 17.8 Å². The Bertz CT molecular complexity index is 261. The zero-order chi connectivity index (χ0) is 8.97. The van der Waals surface area contributed by atoms with Crippen LogP contribution in [-0.2, 0) is 6.61 Å². The first-order chi connectivity index (χ1) is 5.79. The SMILES string of the molecule is CCOc1c(CO)[c]cnc1C. The predicted octanol–water partition coefficient (Wildman–Crippen LogP) is 1.08. The van der Waals surface area contributed by atoms with Crippen molar-refractivity contribution in [3.05, 3.63) is 23.5 Å². The number of aryl methyl sites for hydroxylation is 1. The molecule has 0 spiro atoms. The fourth-order valence-electron chi connectivity index (χ4n) is 1.00. The number of rotatable bonds is 3. The third-order valence-corrected chi connectivity index (χ3v) is 1.55. The van der Waals surface area contributed by atoms with E-state index in [2.05, 4.69) is 11.1 Å². The Morgan fingerprint density at radius 1 is 1.67 bits per heavy atom. The highest BCUT2D eigenvalue weighted by atomic mass is 16.5. The van der Waals surface area contributed by atoms with E-state index in [1.165, 1.54) is 0 Å². The van der Waals surface area contributed by atoms with E-state index in [1.807, 2.05) is 13.8 Å². The molecule has 0 amide bonds. The van der Waals surface area contributed by atoms with E-state index < -0.39 is 0 Å². The molecule has 0 aliphatic carbocycles. The van der Waals surface area contributed by atoms with Crippen LogP contribution in [0.1, 0.15) is 18.2 Å². The molecule has 1 aromatic heterocycles. The Kier molecular flexibility index (Phi) is 3.05. The Labute approximate surface area is 72.0 Å². The van der Waals surface area contributed by atoms with E-state index >= 15 is 0 Å². The average molecular weight is 166 g/mol. The van der Waals surface area contributed by atoms with Crippen LogP contribution in [0.25, 0.3) is 0 Å². The van der Waals surface area contributed by atoms with E-state index in [1.54, 1.807) is 6.20 Å². The minimum absolute atomic E-state index is 0.0569. The zero-order valence-electron chi connectivity index (χ0n) is 7.29. The van der Waals surface area contributed by atoms with Gasteiger partial charge < -0.3 is 9.84 Å². The van der Waals surface area contributed by atoms with Gasteiger partial charge in [-0.25, -0.2) is 0 Å². The first-order valence-electron chi connectivity index (χ1n) is 3.89. The summed E-state index contributed by atoms with van der Waals surface area (Å²) < 4.78 is 5.30. The lowest BCUT2D eigenvalue weighted by atomic mass is 10.2. The molecule has 65 valence electrons. The molecule has 1 radical (unpaired) electrons. The number of aliphatic hydroxyl groups excluding tert-OH is 1. The molecule has 0 fully saturated rings. The maximum atomic E-state index is 8.93. The van der Waals surface area contributed by atoms with Crippen molar-refractivity contribution in [1.82, 2.24) is 4.98 Å². The van der Waals surface area contributed by atoms with Crippen molar-refractivity contribution in [2.45, 2.75) is 20.5 Å². The van der Waals surface area contributed by atoms with E-state index in [4.69, 9.17) is 9.84 Å². The summed E-state index contributed by atoms with van der Waals surface area (Å²) in [6.45, 7) is 4.26. The molecule has 3 heteroatoms. The van der Waals surface area contributed by atoms with Crippen LogP contribution in [0.5, 0.6) is 5.75 Å². The number of pyridine rings is 1. The van der Waals surface area contributed by atoms with Gasteiger partial charge in [-0.05, 0) is 13.8 Å². The van der Waals surface area contributed by atoms with Crippen molar-refractivity contribution >= 4 is 0 Å². The molecule has 3 nitrogen and oxygen atoms in total. The lowest BCUT2D eigenvalue weighted by Crippen LogP contribution is -2.00. The van der Waals surface area contributed by atoms with Crippen LogP contribution in [0, 0.1) is 13.0 Å². The summed E-state index contributed by atoms with van der Waals surface area (Å²) in [6, 6.07) is 2.83. The normalized spacial score (nSPS) is 9.92. The maximum Gasteiger partial charge on any atom is 0.146 e. The molecular weight excluding hydrogens is 154 g/mol. The molecule has 1 N–H and O–H groups in total. The summed E-state index contributed by atoms with van der Waals surface area (Å²) in [5, 5.41) is 8.93. The van der Waals surface area contributed by atoms with Gasteiger partial charge >= 0.3 is 0 Å². The fraction of sp³-hybridized carbons (Fsp3) is 0.444. The summed E-state index contributed by atoms with van der Waals surface area (Å²) >= 11 is 0. The van der Waals surface area contributed by atoms with Crippen LogP contribution in [0.4, 0.5) is 0 Å². The smallest absolute Gasteiger partial charge is 0.146 e. The third-order valence-electron chi connectivity index (χ3n) is 1.55. The summed E-state index contributed by atoms with van der Waals surface area (Å²) in [5.74, 6) is 0.655. The molecule has 0 aliphatic heterocycles. The number of nitrogens with zero attached hydrogens (tertiary/aromatic N) is 1. The zero-order valence-corrected chi connectivity index (χ0v) is 7.29. The van der Waals surface area contributed by atoms with E-state index in [9.17, 15) is 0 Å². The number of aliphatic hydroxyl groups is 1. The topological polar surface area (TPSA) is 42.4 Å². The molecule has 0 saturated carbocycles. The minimum atomic E-state index is -0.0569. The second kappa shape index (κ2) is 4.07. The predicted molar refractivity (Wildman–Crippen MR) is 44.9 cm³/mol. The minimum Gasteiger partial charge on any atom is -0.492 e. The molecule has 1 rings (SSSR count). The molecule has 1 heterocycles. The largest absolute Gasteiger partial charge is 0.492 e. The third kappa shape index (κ3) is 1.74. The Morgan fingerprint density at radius 2 is 2.42 bits per heavy atom. The van der Waals surface area contributed by atoms with Crippen molar-refractivity contribution in [2.75, 3.05) is 6.61 Å². The van der Waals surface area contributed by atoms with Crippen LogP contribution in [0.15, 0.2) is 6.20 Å². The quantitative estimate of drug-likeness (QED) is 0.730. The molecule has 0 saturated heterocycles. The van der Waals surface area contributed by atoms with Crippen molar-refractivity contribution in [3.8, 4) is 5.75 Å². The number of hydrogen-bond donors (Lipinski definition) is 1. The van der Waals surface area contributed by atoms with Crippen molar-refractivity contribution in [2.24, 2.45) is 0 Å². The molecule has 0 unspecified atom stereocenters. The number of ether oxygens (including phenoxy) is 1. The summed E-state index contributed by atoms with van der Waals surface area (Å²) in [5.41, 5.74) is 1.46. The highest BCUT2D eigenvalue weighted by molar-refractivity contribution is 5.34. The van der Waals surface area contributed by atoms with Gasteiger partial charge in [0.15, 0.2) is 0 Å². The van der Waals surface area contributed by atoms with Crippen LogP contribution in [-0.4, -0.2) is 16.7 Å². The van der Waals surface area contributed by atoms with Gasteiger partial charge in [0.25, 0.3) is 0 Å². The summed E-state index contributed by atoms with van der Waals surface area (Å²) in [6.07, 6.45) is 1.55. The van der Waals surface area contributed by atoms with Crippen LogP contribution in [0.2, 0.25) is 0 Å². The van der Waals surface area contributed by atoms with Gasteiger partial charge in [0.05, 0.1) is 18.9 Å². The molecule has 12 heavy (non-hydrogen) atoms. The molecule has 0 aromatic carbocycles. The fourth-order valence-corrected chi connectivity index (χ4v) is 1.00. The van der Waals surface area contributed by atoms with Crippen molar-refractivity contribution in [1.29, 1.82) is 0 Å². The van der Waals surface area contributed by atoms with Gasteiger partial charge in [0.1, 0.15) is 5.75 Å². The lowest BCUT2D eigenvalue weighted by Gasteiger charge is -2.09. The monoisotopic (exact) mass is 166 g/mol. The Morgan fingerprint density at radius 3 is 3.00 bits per heavy atom. The first-order valence-corrected chi connectivity index (χ1v) is 3.89. The number of hydrogen-bond acceptors (Lipinski definition) is 3. The van der Waals surface area contributed by atoms with Crippen LogP contribution >= 0.6 is 0 Å². The van der Waals surface area contributed by atoms with Crippen molar-refractivity contribution in [3.63, 3.8) is 0 Å². The van der Waals surface area contributed by atoms with Crippen molar-refractivity contribution < 1.29 is 9.84 Å². The van der Waals surface area contributed by atoms with E-state index in [0.717, 1.165) is 5.69 Å². The summed E-state index contributed by atoms with van der Waals surface area (Å²) in [7, 11) is 0. The van der Waals surface area contributed by atoms with E-state index in [-0.39, 0.29) is 6.61 Å². The second-order valence-corrected chi connectivity index (χ2v) is 2.39. The molecule has 0 bridgehead atoms. The molecule has 0 atom stereocenters. The van der Waals surface area contributed by atoms with E-state index in [0.29, 0.717) is 17.9 Å². The summed E-state index contributed by atoms with van der Waals surface area (Å²) in [4.78, 5) is 4.01. The Balaban J connectivity index is 3.02. The average Bonchev–Trinajstić information content (AvgIpc) is 2.09. The van der Waals surface area contributed by atoms with Gasteiger partial charge in [-0.2, -0.15) is 0 Å². The molecule has 1 aromatic rings. The van der Waals surface area contributed by atoms with Crippen LogP contribution in [0.3, 0.4) is 0 Å². The second-order valence-electron chi connectivity index (χ2n) is 2.39. The maximum absolute atomic E-state index is 8.93. The Hall–Kier alpha value is -1.09. The first kappa shape index (κ1) is 9.00. The van der Waals surface area contributed by atoms with Gasteiger partial charge in [-0.1, -0.05) is 0 Å². The van der Waals surface area contributed by atoms with Gasteiger partial charge in [0.2, 0.25) is 0 Å². The molecular formula is C9H12NO2. The highest BCUT2D eigenvalue weighted by Crippen LogP contribution is 2.20. The van der Waals surface area contributed by atoms with Gasteiger partial charge in [-0.3, -0.25) is 4.98 Å². The highest BCUT2D eigenvalue weighted by Gasteiger charge is 2.05. The standard InChI is InChI=1S/C9H12NO2/c1-3-12-9-7(2)10-5-4-8(9)6-11/h5,11H,3,6H2,1-2H3. The van der Waals surface area contributed by atoms with Crippen LogP contribution < -0.4 is 4.74 Å². The number of aromatic nitrogens is 1. The van der Waals surface area contributed by atoms with Gasteiger partial charge in [-0.15, -0.1) is 0 Å². The molecule has 0 aliphatic rings.